The highest BCUT2D eigenvalue weighted by Crippen LogP contribution is 2.44. The van der Waals surface area contributed by atoms with Crippen molar-refractivity contribution in [2.45, 2.75) is 147 Å². The fourth-order valence-corrected chi connectivity index (χ4v) is 6.70. The van der Waals surface area contributed by atoms with E-state index in [0.29, 0.717) is 31.3 Å². The molecule has 300 valence electrons. The van der Waals surface area contributed by atoms with Crippen LogP contribution in [0.3, 0.4) is 0 Å². The number of carbonyl (C=O) groups is 4. The lowest BCUT2D eigenvalue weighted by Gasteiger charge is -2.48. The molecular weight excluding hydrogens is 696 g/mol. The number of aliphatic hydroxyl groups is 3. The average Bonchev–Trinajstić information content (AvgIpc) is 3.10. The van der Waals surface area contributed by atoms with Gasteiger partial charge in [-0.3, -0.25) is 14.4 Å². The normalized spacial score (nSPS) is 29.9. The minimum absolute atomic E-state index is 0.0360. The van der Waals surface area contributed by atoms with Crippen molar-refractivity contribution in [2.75, 3.05) is 26.9 Å². The molecule has 9 atom stereocenters. The van der Waals surface area contributed by atoms with Crippen molar-refractivity contribution in [1.82, 2.24) is 0 Å². The van der Waals surface area contributed by atoms with E-state index in [9.17, 15) is 34.5 Å². The summed E-state index contributed by atoms with van der Waals surface area (Å²) in [4.78, 5) is 49.0. The molecule has 0 spiro atoms. The van der Waals surface area contributed by atoms with Crippen molar-refractivity contribution in [3.05, 3.63) is 36.5 Å². The average molecular weight is 755 g/mol. The second-order valence-corrected chi connectivity index (χ2v) is 14.2. The van der Waals surface area contributed by atoms with Crippen molar-refractivity contribution in [1.29, 1.82) is 0 Å². The maximum atomic E-state index is 12.6. The van der Waals surface area contributed by atoms with Crippen LogP contribution in [-0.4, -0.2) is 121 Å². The summed E-state index contributed by atoms with van der Waals surface area (Å²) < 4.78 is 45.4. The van der Waals surface area contributed by atoms with Gasteiger partial charge >= 0.3 is 23.9 Å². The number of hydrogen-bond acceptors (Lipinski definition) is 15. The van der Waals surface area contributed by atoms with Crippen LogP contribution in [-0.2, 0) is 57.1 Å². The van der Waals surface area contributed by atoms with Crippen LogP contribution in [0.15, 0.2) is 36.5 Å². The zero-order valence-electron chi connectivity index (χ0n) is 31.6. The first-order valence-electron chi connectivity index (χ1n) is 18.3. The third kappa shape index (κ3) is 13.6. The van der Waals surface area contributed by atoms with Gasteiger partial charge in [0.2, 0.25) is 5.79 Å². The van der Waals surface area contributed by atoms with Crippen molar-refractivity contribution in [3.63, 3.8) is 0 Å². The van der Waals surface area contributed by atoms with Crippen molar-refractivity contribution in [3.8, 4) is 0 Å². The molecule has 0 aromatic rings. The van der Waals surface area contributed by atoms with Crippen LogP contribution >= 0.6 is 0 Å². The van der Waals surface area contributed by atoms with Crippen molar-refractivity contribution >= 4 is 23.9 Å². The summed E-state index contributed by atoms with van der Waals surface area (Å²) in [5.74, 6) is -4.50. The Kier molecular flexibility index (Phi) is 17.6. The fourth-order valence-electron chi connectivity index (χ4n) is 6.70. The van der Waals surface area contributed by atoms with Gasteiger partial charge in [-0.2, -0.15) is 0 Å². The lowest BCUT2D eigenvalue weighted by Crippen LogP contribution is -2.59. The van der Waals surface area contributed by atoms with Crippen molar-refractivity contribution < 1.29 is 72.4 Å². The predicted octanol–water partition coefficient (Wildman–Crippen LogP) is 3.11. The smallest absolute Gasteiger partial charge is 0.330 e. The molecular formula is C38H58O15. The van der Waals surface area contributed by atoms with Crippen LogP contribution in [0.4, 0.5) is 0 Å². The van der Waals surface area contributed by atoms with E-state index in [-0.39, 0.29) is 57.7 Å². The number of ether oxygens (including phenoxy) is 8. The summed E-state index contributed by atoms with van der Waals surface area (Å²) in [5.41, 5.74) is -0.917. The summed E-state index contributed by atoms with van der Waals surface area (Å²) in [6.07, 6.45) is 4.27. The van der Waals surface area contributed by atoms with E-state index in [4.69, 9.17) is 37.9 Å². The zero-order chi connectivity index (χ0) is 39.2. The predicted molar refractivity (Wildman–Crippen MR) is 188 cm³/mol. The Morgan fingerprint density at radius 2 is 1.79 bits per heavy atom. The summed E-state index contributed by atoms with van der Waals surface area (Å²) in [6, 6.07) is 0. The van der Waals surface area contributed by atoms with Crippen LogP contribution < -0.4 is 0 Å². The molecule has 15 nitrogen and oxygen atoms in total. The van der Waals surface area contributed by atoms with E-state index in [2.05, 4.69) is 6.58 Å². The summed E-state index contributed by atoms with van der Waals surface area (Å²) in [5, 5.41) is 31.8. The standard InChI is InChI=1S/C38H58O15/c1-7-15-47-33(43)22-31-21-30(20-29-11-9-10-28(50-29)18-26(41)19-34(44)51-27(8-2)23-39)52-35(53-31)12-14-37(4,5)38(45)36(49-24(3)40)25(13-16-48-38)17-32(42)46-6/h7,12,14,17,26-31,35-36,39,41,45H,1,8-11,13,15-16,18-23H2,2-6H3/b14-12+,25-17+/t26-,27-,28+,29-,30-,31-,35-,36+,38-/m1/s1. The minimum atomic E-state index is -2.10. The highest BCUT2D eigenvalue weighted by atomic mass is 16.7. The first-order valence-corrected chi connectivity index (χ1v) is 18.3. The van der Waals surface area contributed by atoms with Gasteiger partial charge in [-0.1, -0.05) is 39.5 Å². The van der Waals surface area contributed by atoms with Crippen molar-refractivity contribution in [2.24, 2.45) is 5.41 Å². The Labute approximate surface area is 311 Å². The molecule has 0 saturated carbocycles. The number of rotatable bonds is 18. The fraction of sp³-hybridized carbons (Fsp3) is 0.737. The van der Waals surface area contributed by atoms with E-state index < -0.39 is 71.9 Å². The van der Waals surface area contributed by atoms with Crippen LogP contribution in [0.5, 0.6) is 0 Å². The van der Waals surface area contributed by atoms with E-state index in [1.54, 1.807) is 32.9 Å². The van der Waals surface area contributed by atoms with Gasteiger partial charge in [0.25, 0.3) is 0 Å². The Morgan fingerprint density at radius 1 is 1.08 bits per heavy atom. The molecule has 3 aliphatic heterocycles. The number of methoxy groups -OCH3 is 1. The number of carbonyl (C=O) groups excluding carboxylic acids is 4. The lowest BCUT2D eigenvalue weighted by molar-refractivity contribution is -0.305. The molecule has 0 aliphatic carbocycles. The summed E-state index contributed by atoms with van der Waals surface area (Å²) in [7, 11) is 1.22. The number of hydrogen-bond donors (Lipinski definition) is 3. The third-order valence-corrected chi connectivity index (χ3v) is 9.58. The van der Waals surface area contributed by atoms with Gasteiger partial charge in [-0.05, 0) is 43.8 Å². The molecule has 3 rings (SSSR count). The summed E-state index contributed by atoms with van der Waals surface area (Å²) in [6.45, 7) is 9.71. The van der Waals surface area contributed by atoms with E-state index in [1.165, 1.54) is 26.2 Å². The van der Waals surface area contributed by atoms with Crippen LogP contribution in [0.25, 0.3) is 0 Å². The molecule has 3 fully saturated rings. The summed E-state index contributed by atoms with van der Waals surface area (Å²) >= 11 is 0. The Morgan fingerprint density at radius 3 is 2.45 bits per heavy atom. The van der Waals surface area contributed by atoms with Gasteiger partial charge in [0.05, 0.1) is 63.7 Å². The van der Waals surface area contributed by atoms with Gasteiger partial charge in [-0.15, -0.1) is 0 Å². The molecule has 0 unspecified atom stereocenters. The molecule has 3 aliphatic rings. The second kappa shape index (κ2) is 21.1. The van der Waals surface area contributed by atoms with Gasteiger partial charge in [-0.25, -0.2) is 4.79 Å². The Bertz CT molecular complexity index is 1290. The zero-order valence-corrected chi connectivity index (χ0v) is 31.6. The second-order valence-electron chi connectivity index (χ2n) is 14.2. The number of esters is 4. The van der Waals surface area contributed by atoms with Crippen LogP contribution in [0.2, 0.25) is 0 Å². The maximum absolute atomic E-state index is 12.6. The largest absolute Gasteiger partial charge is 0.466 e. The molecule has 0 bridgehead atoms. The highest BCUT2D eigenvalue weighted by molar-refractivity contribution is 5.83. The molecule has 3 saturated heterocycles. The van der Waals surface area contributed by atoms with E-state index in [0.717, 1.165) is 12.8 Å². The molecule has 53 heavy (non-hydrogen) atoms. The van der Waals surface area contributed by atoms with Gasteiger partial charge in [0.1, 0.15) is 12.7 Å². The maximum Gasteiger partial charge on any atom is 0.330 e. The molecule has 0 aromatic carbocycles. The first kappa shape index (κ1) is 44.2. The van der Waals surface area contributed by atoms with Crippen LogP contribution in [0, 0.1) is 5.41 Å². The molecule has 0 amide bonds. The quantitative estimate of drug-likeness (QED) is 0.0797. The Hall–Kier alpha value is -3.18. The van der Waals surface area contributed by atoms with Gasteiger partial charge < -0.3 is 53.2 Å². The van der Waals surface area contributed by atoms with E-state index in [1.807, 2.05) is 0 Å². The molecule has 0 radical (unpaired) electrons. The first-order chi connectivity index (χ1) is 25.1. The van der Waals surface area contributed by atoms with Gasteiger partial charge in [0.15, 0.2) is 12.4 Å². The lowest BCUT2D eigenvalue weighted by atomic mass is 9.75. The van der Waals surface area contributed by atoms with Crippen LogP contribution in [0.1, 0.15) is 91.9 Å². The number of aliphatic hydroxyl groups excluding tert-OH is 2. The Balaban J connectivity index is 1.74. The SMILES string of the molecule is C=CCOC(=O)C[C@H]1C[C@@H](C[C@H]2CCC[C@@H](C[C@@H](O)CC(=O)O[C@H](CC)CO)O2)O[C@@H](/C=C/C(C)(C)[C@]2(O)OCC/C(=C\C(=O)OC)[C@@H]2OC(C)=O)O1. The highest BCUT2D eigenvalue weighted by Gasteiger charge is 2.55. The molecule has 15 heteroatoms. The molecule has 3 heterocycles. The molecule has 0 aromatic heterocycles. The minimum Gasteiger partial charge on any atom is -0.466 e. The van der Waals surface area contributed by atoms with E-state index >= 15 is 0 Å². The third-order valence-electron chi connectivity index (χ3n) is 9.58. The monoisotopic (exact) mass is 754 g/mol. The van der Waals surface area contributed by atoms with Gasteiger partial charge in [0, 0.05) is 37.7 Å². The molecule has 3 N–H and O–H groups in total. The topological polar surface area (TPSA) is 203 Å².